The molecule has 34 heavy (non-hydrogen) atoms. The Morgan fingerprint density at radius 1 is 0.794 bits per heavy atom. The zero-order chi connectivity index (χ0) is 24.7. The van der Waals surface area contributed by atoms with Gasteiger partial charge in [0, 0.05) is 30.8 Å². The predicted molar refractivity (Wildman–Crippen MR) is 127 cm³/mol. The van der Waals surface area contributed by atoms with E-state index in [9.17, 15) is 9.59 Å². The van der Waals surface area contributed by atoms with E-state index in [1.807, 2.05) is 4.90 Å². The highest BCUT2D eigenvalue weighted by molar-refractivity contribution is 5.96. The first kappa shape index (κ1) is 25.0. The second kappa shape index (κ2) is 11.5. The summed E-state index contributed by atoms with van der Waals surface area (Å²) < 4.78 is 26.5. The lowest BCUT2D eigenvalue weighted by Crippen LogP contribution is -2.41. The Morgan fingerprint density at radius 3 is 1.88 bits per heavy atom. The van der Waals surface area contributed by atoms with Crippen LogP contribution >= 0.6 is 0 Å². The van der Waals surface area contributed by atoms with E-state index in [1.165, 1.54) is 21.3 Å². The molecule has 1 fully saturated rings. The van der Waals surface area contributed by atoms with E-state index < -0.39 is 0 Å². The molecule has 1 N–H and O–H groups in total. The Morgan fingerprint density at radius 2 is 1.35 bits per heavy atom. The van der Waals surface area contributed by atoms with Crippen molar-refractivity contribution in [3.05, 3.63) is 41.5 Å². The number of nitrogens with zero attached hydrogens (tertiary/aromatic N) is 1. The maximum atomic E-state index is 12.9. The molecule has 9 nitrogen and oxygen atoms in total. The molecule has 0 spiro atoms. The molecule has 0 bridgehead atoms. The lowest BCUT2D eigenvalue weighted by molar-refractivity contribution is 0.0684. The van der Waals surface area contributed by atoms with Crippen molar-refractivity contribution >= 4 is 11.8 Å². The summed E-state index contributed by atoms with van der Waals surface area (Å²) in [6.07, 6.45) is 1.60. The van der Waals surface area contributed by atoms with E-state index in [4.69, 9.17) is 23.7 Å². The van der Waals surface area contributed by atoms with E-state index in [1.54, 1.807) is 44.6 Å². The van der Waals surface area contributed by atoms with Crippen molar-refractivity contribution in [1.82, 2.24) is 10.2 Å². The first-order chi connectivity index (χ1) is 16.4. The van der Waals surface area contributed by atoms with Gasteiger partial charge in [-0.1, -0.05) is 0 Å². The van der Waals surface area contributed by atoms with Gasteiger partial charge in [-0.25, -0.2) is 0 Å². The van der Waals surface area contributed by atoms with Gasteiger partial charge in [-0.2, -0.15) is 0 Å². The molecule has 0 aliphatic carbocycles. The van der Waals surface area contributed by atoms with Crippen molar-refractivity contribution < 1.29 is 33.3 Å². The van der Waals surface area contributed by atoms with Gasteiger partial charge in [-0.05, 0) is 49.1 Å². The van der Waals surface area contributed by atoms with E-state index in [-0.39, 0.29) is 17.7 Å². The predicted octanol–water partition coefficient (Wildman–Crippen LogP) is 3.01. The summed E-state index contributed by atoms with van der Waals surface area (Å²) in [7, 11) is 7.64. The molecule has 1 saturated heterocycles. The van der Waals surface area contributed by atoms with Crippen molar-refractivity contribution in [2.75, 3.05) is 55.2 Å². The first-order valence-corrected chi connectivity index (χ1v) is 11.0. The van der Waals surface area contributed by atoms with Crippen LogP contribution in [0.15, 0.2) is 30.3 Å². The second-order valence-corrected chi connectivity index (χ2v) is 7.93. The average Bonchev–Trinajstić information content (AvgIpc) is 2.90. The van der Waals surface area contributed by atoms with Crippen LogP contribution in [-0.4, -0.2) is 71.9 Å². The Hall–Kier alpha value is -3.62. The fraction of sp³-hybridized carbons (Fsp3) is 0.440. The highest BCUT2D eigenvalue weighted by atomic mass is 16.5. The Bertz CT molecular complexity index is 991. The number of carbonyl (C=O) groups excluding carboxylic acids is 2. The molecule has 1 heterocycles. The van der Waals surface area contributed by atoms with Gasteiger partial charge in [0.05, 0.1) is 35.5 Å². The smallest absolute Gasteiger partial charge is 0.253 e. The van der Waals surface area contributed by atoms with Crippen molar-refractivity contribution in [3.63, 3.8) is 0 Å². The molecule has 0 saturated carbocycles. The summed E-state index contributed by atoms with van der Waals surface area (Å²) in [4.78, 5) is 27.5. The van der Waals surface area contributed by atoms with Crippen LogP contribution in [0.3, 0.4) is 0 Å². The lowest BCUT2D eigenvalue weighted by atomic mass is 9.96. The molecule has 2 aromatic rings. The number of methoxy groups -OCH3 is 5. The molecule has 0 radical (unpaired) electrons. The molecule has 184 valence electrons. The van der Waals surface area contributed by atoms with Crippen LogP contribution in [0.2, 0.25) is 0 Å². The molecule has 0 aromatic heterocycles. The highest BCUT2D eigenvalue weighted by Crippen LogP contribution is 2.38. The third-order valence-electron chi connectivity index (χ3n) is 6.01. The van der Waals surface area contributed by atoms with Crippen LogP contribution in [0.25, 0.3) is 0 Å². The summed E-state index contributed by atoms with van der Waals surface area (Å²) in [5.74, 6) is 2.42. The zero-order valence-corrected chi connectivity index (χ0v) is 20.3. The van der Waals surface area contributed by atoms with Crippen molar-refractivity contribution in [2.24, 2.45) is 5.92 Å². The maximum absolute atomic E-state index is 12.9. The van der Waals surface area contributed by atoms with Crippen LogP contribution in [0.5, 0.6) is 28.7 Å². The number of likely N-dealkylation sites (tertiary alicyclic amines) is 1. The number of piperidine rings is 1. The number of nitrogens with one attached hydrogen (secondary N) is 1. The minimum Gasteiger partial charge on any atom is -0.493 e. The fourth-order valence-corrected chi connectivity index (χ4v) is 4.04. The van der Waals surface area contributed by atoms with E-state index in [2.05, 4.69) is 5.32 Å². The largest absolute Gasteiger partial charge is 0.493 e. The summed E-state index contributed by atoms with van der Waals surface area (Å²) in [6, 6.07) is 8.43. The van der Waals surface area contributed by atoms with Crippen molar-refractivity contribution in [2.45, 2.75) is 12.8 Å². The number of carbonyl (C=O) groups is 2. The van der Waals surface area contributed by atoms with Crippen LogP contribution in [0, 0.1) is 5.92 Å². The van der Waals surface area contributed by atoms with Gasteiger partial charge >= 0.3 is 0 Å². The quantitative estimate of drug-likeness (QED) is 0.599. The SMILES string of the molecule is COc1ccc(C(=O)N2CCC(CNC(=O)c3cc(OC)c(OC)c(OC)c3)CC2)cc1OC. The third-order valence-corrected chi connectivity index (χ3v) is 6.01. The summed E-state index contributed by atoms with van der Waals surface area (Å²) in [5, 5.41) is 2.99. The van der Waals surface area contributed by atoms with Crippen molar-refractivity contribution in [1.29, 1.82) is 0 Å². The van der Waals surface area contributed by atoms with Gasteiger partial charge in [0.25, 0.3) is 11.8 Å². The molecular weight excluding hydrogens is 440 g/mol. The summed E-state index contributed by atoms with van der Waals surface area (Å²) in [6.45, 7) is 1.77. The van der Waals surface area contributed by atoms with Gasteiger partial charge in [0.2, 0.25) is 5.75 Å². The average molecular weight is 473 g/mol. The highest BCUT2D eigenvalue weighted by Gasteiger charge is 2.25. The molecule has 0 atom stereocenters. The molecule has 2 amide bonds. The zero-order valence-electron chi connectivity index (χ0n) is 20.3. The summed E-state index contributed by atoms with van der Waals surface area (Å²) in [5.41, 5.74) is 0.988. The van der Waals surface area contributed by atoms with Gasteiger partial charge in [0.15, 0.2) is 23.0 Å². The number of benzene rings is 2. The topological polar surface area (TPSA) is 95.6 Å². The first-order valence-electron chi connectivity index (χ1n) is 11.0. The monoisotopic (exact) mass is 472 g/mol. The van der Waals surface area contributed by atoms with Gasteiger partial charge in [0.1, 0.15) is 0 Å². The number of hydrogen-bond acceptors (Lipinski definition) is 7. The number of rotatable bonds is 9. The Labute approximate surface area is 199 Å². The standard InChI is InChI=1S/C25H32N2O7/c1-30-19-7-6-17(12-20(19)31-2)25(29)27-10-8-16(9-11-27)15-26-24(28)18-13-21(32-3)23(34-5)22(14-18)33-4/h6-7,12-14,16H,8-11,15H2,1-5H3,(H,26,28). The van der Waals surface area contributed by atoms with Crippen LogP contribution < -0.4 is 29.0 Å². The van der Waals surface area contributed by atoms with Gasteiger partial charge in [-0.3, -0.25) is 9.59 Å². The fourth-order valence-electron chi connectivity index (χ4n) is 4.04. The molecule has 1 aliphatic rings. The molecule has 3 rings (SSSR count). The van der Waals surface area contributed by atoms with E-state index >= 15 is 0 Å². The molecule has 9 heteroatoms. The van der Waals surface area contributed by atoms with Gasteiger partial charge < -0.3 is 33.9 Å². The lowest BCUT2D eigenvalue weighted by Gasteiger charge is -2.32. The summed E-state index contributed by atoms with van der Waals surface area (Å²) >= 11 is 0. The molecule has 0 unspecified atom stereocenters. The number of amides is 2. The normalized spacial score (nSPS) is 13.7. The Kier molecular flexibility index (Phi) is 8.45. The second-order valence-electron chi connectivity index (χ2n) is 7.93. The molecule has 1 aliphatic heterocycles. The van der Waals surface area contributed by atoms with E-state index in [0.29, 0.717) is 59.5 Å². The van der Waals surface area contributed by atoms with Crippen LogP contribution in [-0.2, 0) is 0 Å². The Balaban J connectivity index is 1.56. The van der Waals surface area contributed by atoms with Gasteiger partial charge in [-0.15, -0.1) is 0 Å². The van der Waals surface area contributed by atoms with Crippen LogP contribution in [0.1, 0.15) is 33.6 Å². The number of ether oxygens (including phenoxy) is 5. The molecule has 2 aromatic carbocycles. The third kappa shape index (κ3) is 5.47. The van der Waals surface area contributed by atoms with Crippen molar-refractivity contribution in [3.8, 4) is 28.7 Å². The minimum absolute atomic E-state index is 0.0409. The number of hydrogen-bond donors (Lipinski definition) is 1. The van der Waals surface area contributed by atoms with Crippen LogP contribution in [0.4, 0.5) is 0 Å². The van der Waals surface area contributed by atoms with E-state index in [0.717, 1.165) is 12.8 Å². The molecular formula is C25H32N2O7. The minimum atomic E-state index is -0.219. The maximum Gasteiger partial charge on any atom is 0.253 e.